The molecule has 9 nitrogen and oxygen atoms in total. The van der Waals surface area contributed by atoms with Gasteiger partial charge in [-0.15, -0.1) is 11.3 Å². The molecule has 0 bridgehead atoms. The summed E-state index contributed by atoms with van der Waals surface area (Å²) in [7, 11) is 3.46. The fourth-order valence-electron chi connectivity index (χ4n) is 4.35. The lowest BCUT2D eigenvalue weighted by Crippen LogP contribution is -2.43. The zero-order valence-electron chi connectivity index (χ0n) is 21.4. The maximum Gasteiger partial charge on any atom is 0.328 e. The van der Waals surface area contributed by atoms with Crippen LogP contribution in [0, 0.1) is 5.92 Å². The number of fused-ring (bicyclic) bond motifs is 1. The number of anilines is 1. The Kier molecular flexibility index (Phi) is 7.87. The van der Waals surface area contributed by atoms with Gasteiger partial charge in [-0.1, -0.05) is 19.9 Å². The van der Waals surface area contributed by atoms with E-state index in [-0.39, 0.29) is 22.9 Å². The van der Waals surface area contributed by atoms with E-state index < -0.39 is 5.97 Å². The maximum atomic E-state index is 13.4. The summed E-state index contributed by atoms with van der Waals surface area (Å²) in [6.45, 7) is 5.24. The van der Waals surface area contributed by atoms with Crippen LogP contribution >= 0.6 is 11.3 Å². The van der Waals surface area contributed by atoms with Crippen molar-refractivity contribution in [1.29, 1.82) is 0 Å². The molecule has 0 spiro atoms. The van der Waals surface area contributed by atoms with Crippen molar-refractivity contribution in [1.82, 2.24) is 19.3 Å². The SMILES string of the molecule is CC(C)c1csc(C=Cc2ccn3c(=O)c(C=CC(=O)O)c(N4CCCC(C(=O)N(C)C)C4)nc3c2)n1. The van der Waals surface area contributed by atoms with Gasteiger partial charge in [-0.3, -0.25) is 14.0 Å². The van der Waals surface area contributed by atoms with E-state index in [9.17, 15) is 19.5 Å². The average Bonchev–Trinajstić information content (AvgIpc) is 3.35. The molecule has 1 unspecified atom stereocenters. The highest BCUT2D eigenvalue weighted by atomic mass is 32.1. The molecule has 1 aliphatic rings. The summed E-state index contributed by atoms with van der Waals surface area (Å²) in [4.78, 5) is 50.2. The first kappa shape index (κ1) is 26.3. The summed E-state index contributed by atoms with van der Waals surface area (Å²) < 4.78 is 1.41. The van der Waals surface area contributed by atoms with E-state index in [1.54, 1.807) is 42.6 Å². The molecule has 4 heterocycles. The van der Waals surface area contributed by atoms with Gasteiger partial charge in [0.05, 0.1) is 17.2 Å². The first-order valence-electron chi connectivity index (χ1n) is 12.2. The predicted molar refractivity (Wildman–Crippen MR) is 147 cm³/mol. The molecular formula is C27H31N5O4S. The van der Waals surface area contributed by atoms with Crippen molar-refractivity contribution in [2.24, 2.45) is 5.92 Å². The van der Waals surface area contributed by atoms with Gasteiger partial charge in [-0.05, 0) is 48.6 Å². The van der Waals surface area contributed by atoms with E-state index in [2.05, 4.69) is 24.2 Å². The van der Waals surface area contributed by atoms with Crippen LogP contribution in [-0.2, 0) is 9.59 Å². The highest BCUT2D eigenvalue weighted by molar-refractivity contribution is 7.10. The first-order chi connectivity index (χ1) is 17.6. The third-order valence-electron chi connectivity index (χ3n) is 6.32. The van der Waals surface area contributed by atoms with Crippen molar-refractivity contribution in [2.45, 2.75) is 32.6 Å². The Balaban J connectivity index is 1.74. The molecule has 1 atom stereocenters. The van der Waals surface area contributed by atoms with Crippen LogP contribution in [0.15, 0.2) is 34.6 Å². The number of carbonyl (C=O) groups is 2. The van der Waals surface area contributed by atoms with Crippen LogP contribution in [-0.4, -0.2) is 63.4 Å². The Labute approximate surface area is 219 Å². The van der Waals surface area contributed by atoms with E-state index in [0.717, 1.165) is 35.2 Å². The molecule has 1 fully saturated rings. The number of rotatable bonds is 7. The van der Waals surface area contributed by atoms with E-state index in [4.69, 9.17) is 4.98 Å². The maximum absolute atomic E-state index is 13.4. The molecule has 0 radical (unpaired) electrons. The molecule has 4 rings (SSSR count). The van der Waals surface area contributed by atoms with Crippen LogP contribution < -0.4 is 10.5 Å². The smallest absolute Gasteiger partial charge is 0.328 e. The second kappa shape index (κ2) is 11.1. The van der Waals surface area contributed by atoms with Crippen molar-refractivity contribution in [3.63, 3.8) is 0 Å². The molecule has 1 saturated heterocycles. The number of aliphatic carboxylic acids is 1. The van der Waals surface area contributed by atoms with Crippen LogP contribution in [0.3, 0.4) is 0 Å². The monoisotopic (exact) mass is 521 g/mol. The van der Waals surface area contributed by atoms with Gasteiger partial charge in [0.2, 0.25) is 5.91 Å². The summed E-state index contributed by atoms with van der Waals surface area (Å²) >= 11 is 1.58. The number of piperidine rings is 1. The van der Waals surface area contributed by atoms with E-state index in [1.807, 2.05) is 23.1 Å². The van der Waals surface area contributed by atoms with Crippen molar-refractivity contribution >= 4 is 52.9 Å². The Hall–Kier alpha value is -3.79. The lowest BCUT2D eigenvalue weighted by Gasteiger charge is -2.34. The minimum Gasteiger partial charge on any atom is -0.478 e. The van der Waals surface area contributed by atoms with Gasteiger partial charge in [-0.2, -0.15) is 0 Å². The van der Waals surface area contributed by atoms with Crippen LogP contribution in [0.25, 0.3) is 23.9 Å². The van der Waals surface area contributed by atoms with Gasteiger partial charge in [0.15, 0.2) is 0 Å². The molecule has 0 aliphatic carbocycles. The second-order valence-corrected chi connectivity index (χ2v) is 10.5. The van der Waals surface area contributed by atoms with Gasteiger partial charge in [-0.25, -0.2) is 14.8 Å². The Morgan fingerprint density at radius 1 is 1.22 bits per heavy atom. The van der Waals surface area contributed by atoms with Crippen LogP contribution in [0.1, 0.15) is 54.4 Å². The van der Waals surface area contributed by atoms with Crippen LogP contribution in [0.4, 0.5) is 5.82 Å². The Morgan fingerprint density at radius 3 is 2.68 bits per heavy atom. The number of pyridine rings is 1. The quantitative estimate of drug-likeness (QED) is 0.471. The molecule has 0 aromatic carbocycles. The molecule has 1 N–H and O–H groups in total. The van der Waals surface area contributed by atoms with Gasteiger partial charge in [0.25, 0.3) is 5.56 Å². The normalized spacial score (nSPS) is 16.4. The molecule has 3 aromatic heterocycles. The number of nitrogens with zero attached hydrogens (tertiary/aromatic N) is 5. The molecule has 194 valence electrons. The average molecular weight is 522 g/mol. The minimum atomic E-state index is -1.15. The van der Waals surface area contributed by atoms with Crippen molar-refractivity contribution in [2.75, 3.05) is 32.1 Å². The third-order valence-corrected chi connectivity index (χ3v) is 7.15. The number of amides is 1. The topological polar surface area (TPSA) is 108 Å². The zero-order valence-corrected chi connectivity index (χ0v) is 22.2. The van der Waals surface area contributed by atoms with Gasteiger partial charge >= 0.3 is 5.97 Å². The molecule has 0 saturated carbocycles. The number of hydrogen-bond donors (Lipinski definition) is 1. The molecule has 1 aliphatic heterocycles. The summed E-state index contributed by atoms with van der Waals surface area (Å²) in [5, 5.41) is 12.1. The number of thiazole rings is 1. The number of hydrogen-bond acceptors (Lipinski definition) is 7. The summed E-state index contributed by atoms with van der Waals surface area (Å²) in [5.74, 6) is -0.594. The fraction of sp³-hybridized carbons (Fsp3) is 0.370. The molecule has 37 heavy (non-hydrogen) atoms. The largest absolute Gasteiger partial charge is 0.478 e. The second-order valence-electron chi connectivity index (χ2n) is 9.63. The fourth-order valence-corrected chi connectivity index (χ4v) is 5.22. The molecule has 3 aromatic rings. The third kappa shape index (κ3) is 5.96. The molecule has 10 heteroatoms. The van der Waals surface area contributed by atoms with E-state index in [1.165, 1.54) is 10.5 Å². The lowest BCUT2D eigenvalue weighted by molar-refractivity contribution is -0.133. The summed E-state index contributed by atoms with van der Waals surface area (Å²) in [6, 6.07) is 3.62. The van der Waals surface area contributed by atoms with Crippen molar-refractivity contribution < 1.29 is 14.7 Å². The Bertz CT molecular complexity index is 1440. The first-order valence-corrected chi connectivity index (χ1v) is 13.1. The van der Waals surface area contributed by atoms with Crippen molar-refractivity contribution in [3.8, 4) is 0 Å². The Morgan fingerprint density at radius 2 is 2.00 bits per heavy atom. The molecular weight excluding hydrogens is 490 g/mol. The van der Waals surface area contributed by atoms with Gasteiger partial charge < -0.3 is 14.9 Å². The highest BCUT2D eigenvalue weighted by Gasteiger charge is 2.29. The zero-order chi connectivity index (χ0) is 26.7. The lowest BCUT2D eigenvalue weighted by atomic mass is 9.96. The number of carbonyl (C=O) groups excluding carboxylic acids is 1. The number of carboxylic acid groups (broad SMARTS) is 1. The van der Waals surface area contributed by atoms with Gasteiger partial charge in [0, 0.05) is 44.8 Å². The van der Waals surface area contributed by atoms with E-state index in [0.29, 0.717) is 30.5 Å². The number of carboxylic acids is 1. The minimum absolute atomic E-state index is 0.0278. The highest BCUT2D eigenvalue weighted by Crippen LogP contribution is 2.26. The number of aromatic nitrogens is 3. The predicted octanol–water partition coefficient (Wildman–Crippen LogP) is 3.85. The van der Waals surface area contributed by atoms with Crippen LogP contribution in [0.2, 0.25) is 0 Å². The molecule has 1 amide bonds. The summed E-state index contributed by atoms with van der Waals surface area (Å²) in [6.07, 6.45) is 9.26. The standard InChI is InChI=1S/C27H31N5O4S/c1-17(2)21-16-37-23(28-21)9-7-18-11-13-32-22(14-18)29-25(20(27(32)36)8-10-24(33)34)31-12-5-6-19(15-31)26(35)30(3)4/h7-11,13-14,16-17,19H,5-6,12,15H2,1-4H3,(H,33,34). The van der Waals surface area contributed by atoms with E-state index >= 15 is 0 Å². The van der Waals surface area contributed by atoms with Gasteiger partial charge in [0.1, 0.15) is 16.5 Å². The van der Waals surface area contributed by atoms with Crippen molar-refractivity contribution in [3.05, 3.63) is 62.0 Å². The summed E-state index contributed by atoms with van der Waals surface area (Å²) in [5.41, 5.74) is 2.17. The van der Waals surface area contributed by atoms with Crippen LogP contribution in [0.5, 0.6) is 0 Å².